The van der Waals surface area contributed by atoms with Crippen molar-refractivity contribution in [1.29, 1.82) is 5.26 Å². The zero-order valence-corrected chi connectivity index (χ0v) is 11.0. The minimum absolute atomic E-state index is 0.0415. The van der Waals surface area contributed by atoms with Crippen molar-refractivity contribution < 1.29 is 14.2 Å². The van der Waals surface area contributed by atoms with Crippen LogP contribution in [0.25, 0.3) is 0 Å². The molecule has 19 heavy (non-hydrogen) atoms. The van der Waals surface area contributed by atoms with Crippen LogP contribution in [-0.2, 0) is 9.47 Å². The molecule has 0 N–H and O–H groups in total. The highest BCUT2D eigenvalue weighted by atomic mass is 16.7. The molecule has 0 aromatic heterocycles. The van der Waals surface area contributed by atoms with Crippen LogP contribution in [-0.4, -0.2) is 26.1 Å². The number of hydrogen-bond donors (Lipinski definition) is 0. The van der Waals surface area contributed by atoms with E-state index in [9.17, 15) is 0 Å². The first-order chi connectivity index (χ1) is 9.40. The smallest absolute Gasteiger partial charge is 0.157 e. The zero-order valence-electron chi connectivity index (χ0n) is 11.0. The Morgan fingerprint density at radius 3 is 2.95 bits per heavy atom. The van der Waals surface area contributed by atoms with Crippen LogP contribution < -0.4 is 4.74 Å². The normalized spacial score (nSPS) is 18.8. The number of hydrogen-bond acceptors (Lipinski definition) is 4. The van der Waals surface area contributed by atoms with E-state index in [1.54, 1.807) is 6.07 Å². The lowest BCUT2D eigenvalue weighted by atomic mass is 10.2. The summed E-state index contributed by atoms with van der Waals surface area (Å²) in [5, 5.41) is 8.92. The molecule has 0 unspecified atom stereocenters. The second-order valence-corrected chi connectivity index (χ2v) is 4.48. The van der Waals surface area contributed by atoms with Crippen molar-refractivity contribution in [3.8, 4) is 11.8 Å². The topological polar surface area (TPSA) is 51.5 Å². The first kappa shape index (κ1) is 13.9. The van der Waals surface area contributed by atoms with Gasteiger partial charge in [0.25, 0.3) is 0 Å². The predicted molar refractivity (Wildman–Crippen MR) is 70.8 cm³/mol. The molecule has 102 valence electrons. The second-order valence-electron chi connectivity index (χ2n) is 4.48. The summed E-state index contributed by atoms with van der Waals surface area (Å²) in [4.78, 5) is 0. The maximum Gasteiger partial charge on any atom is 0.157 e. The molecule has 1 aromatic rings. The van der Waals surface area contributed by atoms with Crippen molar-refractivity contribution >= 4 is 0 Å². The summed E-state index contributed by atoms with van der Waals surface area (Å²) in [5.41, 5.74) is 0.569. The monoisotopic (exact) mass is 261 g/mol. The lowest BCUT2D eigenvalue weighted by Crippen LogP contribution is -2.23. The fraction of sp³-hybridized carbons (Fsp3) is 0.533. The second kappa shape index (κ2) is 7.78. The first-order valence-electron chi connectivity index (χ1n) is 6.75. The standard InChI is InChI=1S/C15H19NO3/c16-12-13-6-1-2-7-14(13)17-10-5-11-19-15-8-3-4-9-18-15/h1-2,6-7,15H,3-5,8-11H2/t15-/m0/s1. The molecule has 0 saturated carbocycles. The molecule has 4 heteroatoms. The van der Waals surface area contributed by atoms with Crippen LogP contribution in [0, 0.1) is 11.3 Å². The van der Waals surface area contributed by atoms with Crippen molar-refractivity contribution in [3.05, 3.63) is 29.8 Å². The van der Waals surface area contributed by atoms with Crippen molar-refractivity contribution in [2.24, 2.45) is 0 Å². The Bertz CT molecular complexity index is 422. The molecule has 1 heterocycles. The van der Waals surface area contributed by atoms with Gasteiger partial charge in [0.05, 0.1) is 18.8 Å². The molecule has 1 fully saturated rings. The Kier molecular flexibility index (Phi) is 5.67. The maximum absolute atomic E-state index is 8.92. The number of rotatable bonds is 6. The molecule has 0 bridgehead atoms. The highest BCUT2D eigenvalue weighted by Gasteiger charge is 2.13. The Morgan fingerprint density at radius 2 is 2.16 bits per heavy atom. The van der Waals surface area contributed by atoms with Gasteiger partial charge >= 0.3 is 0 Å². The van der Waals surface area contributed by atoms with Gasteiger partial charge in [-0.05, 0) is 31.4 Å². The molecule has 1 aliphatic rings. The molecule has 1 atom stereocenters. The van der Waals surface area contributed by atoms with E-state index in [2.05, 4.69) is 6.07 Å². The molecule has 2 rings (SSSR count). The third-order valence-electron chi connectivity index (χ3n) is 3.00. The maximum atomic E-state index is 8.92. The molecule has 0 amide bonds. The Morgan fingerprint density at radius 1 is 1.26 bits per heavy atom. The average Bonchev–Trinajstić information content (AvgIpc) is 2.48. The van der Waals surface area contributed by atoms with Crippen LogP contribution >= 0.6 is 0 Å². The van der Waals surface area contributed by atoms with Gasteiger partial charge in [0.2, 0.25) is 0 Å². The van der Waals surface area contributed by atoms with Crippen LogP contribution in [0.4, 0.5) is 0 Å². The quantitative estimate of drug-likeness (QED) is 0.739. The Hall–Kier alpha value is -1.57. The van der Waals surface area contributed by atoms with Crippen LogP contribution in [0.1, 0.15) is 31.2 Å². The highest BCUT2D eigenvalue weighted by molar-refractivity contribution is 5.42. The largest absolute Gasteiger partial charge is 0.492 e. The van der Waals surface area contributed by atoms with Gasteiger partial charge in [-0.15, -0.1) is 0 Å². The van der Waals surface area contributed by atoms with Crippen LogP contribution in [0.2, 0.25) is 0 Å². The van der Waals surface area contributed by atoms with E-state index in [1.807, 2.05) is 18.2 Å². The fourth-order valence-electron chi connectivity index (χ4n) is 1.98. The summed E-state index contributed by atoms with van der Waals surface area (Å²) in [6.45, 7) is 1.97. The molecular weight excluding hydrogens is 242 g/mol. The summed E-state index contributed by atoms with van der Waals surface area (Å²) in [6, 6.07) is 9.36. The fourth-order valence-corrected chi connectivity index (χ4v) is 1.98. The van der Waals surface area contributed by atoms with Crippen molar-refractivity contribution in [2.45, 2.75) is 32.0 Å². The van der Waals surface area contributed by atoms with Gasteiger partial charge in [0.15, 0.2) is 6.29 Å². The molecular formula is C15H19NO3. The van der Waals surface area contributed by atoms with E-state index in [1.165, 1.54) is 6.42 Å². The lowest BCUT2D eigenvalue weighted by molar-refractivity contribution is -0.163. The number of ether oxygens (including phenoxy) is 3. The van der Waals surface area contributed by atoms with Gasteiger partial charge < -0.3 is 14.2 Å². The number of para-hydroxylation sites is 1. The zero-order chi connectivity index (χ0) is 13.3. The summed E-state index contributed by atoms with van der Waals surface area (Å²) in [5.74, 6) is 0.638. The average molecular weight is 261 g/mol. The van der Waals surface area contributed by atoms with Gasteiger partial charge in [-0.1, -0.05) is 12.1 Å². The van der Waals surface area contributed by atoms with Crippen LogP contribution in [0.5, 0.6) is 5.75 Å². The lowest BCUT2D eigenvalue weighted by Gasteiger charge is -2.22. The molecule has 0 spiro atoms. The van der Waals surface area contributed by atoms with E-state index in [0.717, 1.165) is 25.9 Å². The summed E-state index contributed by atoms with van der Waals surface area (Å²) < 4.78 is 16.7. The van der Waals surface area contributed by atoms with E-state index in [4.69, 9.17) is 19.5 Å². The van der Waals surface area contributed by atoms with Gasteiger partial charge in [-0.25, -0.2) is 0 Å². The number of nitrogens with zero attached hydrogens (tertiary/aromatic N) is 1. The van der Waals surface area contributed by atoms with Crippen molar-refractivity contribution in [2.75, 3.05) is 19.8 Å². The Balaban J connectivity index is 1.62. The number of nitriles is 1. The summed E-state index contributed by atoms with van der Waals surface area (Å²) >= 11 is 0. The van der Waals surface area contributed by atoms with Gasteiger partial charge in [-0.2, -0.15) is 5.26 Å². The SMILES string of the molecule is N#Cc1ccccc1OCCCO[C@H]1CCCCO1. The van der Waals surface area contributed by atoms with E-state index < -0.39 is 0 Å². The van der Waals surface area contributed by atoms with E-state index in [-0.39, 0.29) is 6.29 Å². The predicted octanol–water partition coefficient (Wildman–Crippen LogP) is 2.87. The van der Waals surface area contributed by atoms with Crippen LogP contribution in [0.15, 0.2) is 24.3 Å². The minimum Gasteiger partial charge on any atom is -0.492 e. The van der Waals surface area contributed by atoms with Crippen LogP contribution in [0.3, 0.4) is 0 Å². The van der Waals surface area contributed by atoms with Crippen molar-refractivity contribution in [1.82, 2.24) is 0 Å². The highest BCUT2D eigenvalue weighted by Crippen LogP contribution is 2.17. The molecule has 1 aromatic carbocycles. The molecule has 0 radical (unpaired) electrons. The first-order valence-corrected chi connectivity index (χ1v) is 6.75. The third-order valence-corrected chi connectivity index (χ3v) is 3.00. The molecule has 4 nitrogen and oxygen atoms in total. The summed E-state index contributed by atoms with van der Waals surface area (Å²) in [6.07, 6.45) is 4.04. The summed E-state index contributed by atoms with van der Waals surface area (Å²) in [7, 11) is 0. The molecule has 1 saturated heterocycles. The van der Waals surface area contributed by atoms with E-state index >= 15 is 0 Å². The molecule has 1 aliphatic heterocycles. The molecule has 0 aliphatic carbocycles. The minimum atomic E-state index is -0.0415. The third kappa shape index (κ3) is 4.55. The van der Waals surface area contributed by atoms with Gasteiger partial charge in [0, 0.05) is 13.0 Å². The van der Waals surface area contributed by atoms with E-state index in [0.29, 0.717) is 24.5 Å². The Labute approximate surface area is 113 Å². The van der Waals surface area contributed by atoms with Crippen molar-refractivity contribution in [3.63, 3.8) is 0 Å². The number of benzene rings is 1. The van der Waals surface area contributed by atoms with Gasteiger partial charge in [0.1, 0.15) is 11.8 Å². The van der Waals surface area contributed by atoms with Gasteiger partial charge in [-0.3, -0.25) is 0 Å².